The van der Waals surface area contributed by atoms with Crippen LogP contribution in [0, 0.1) is 0 Å². The van der Waals surface area contributed by atoms with Crippen molar-refractivity contribution in [1.82, 2.24) is 24.9 Å². The van der Waals surface area contributed by atoms with Crippen molar-refractivity contribution in [3.8, 4) is 22.7 Å². The van der Waals surface area contributed by atoms with Crippen LogP contribution in [0.15, 0.2) is 66.3 Å². The molecule has 1 aliphatic heterocycles. The van der Waals surface area contributed by atoms with Crippen LogP contribution in [0.5, 0.6) is 5.75 Å². The Hall–Kier alpha value is -3.80. The Bertz CT molecular complexity index is 1220. The van der Waals surface area contributed by atoms with Gasteiger partial charge in [-0.1, -0.05) is 5.21 Å². The van der Waals surface area contributed by atoms with E-state index in [1.165, 1.54) is 11.3 Å². The Morgan fingerprint density at radius 1 is 1.06 bits per heavy atom. The predicted molar refractivity (Wildman–Crippen MR) is 134 cm³/mol. The monoisotopic (exact) mass is 491 g/mol. The van der Waals surface area contributed by atoms with E-state index in [2.05, 4.69) is 30.8 Å². The summed E-state index contributed by atoms with van der Waals surface area (Å²) >= 11 is 1.36. The maximum atomic E-state index is 12.1. The molecule has 11 heteroatoms. The first-order chi connectivity index (χ1) is 17.2. The Balaban J connectivity index is 1.14. The fourth-order valence-corrected chi connectivity index (χ4v) is 4.13. The predicted octanol–water partition coefficient (Wildman–Crippen LogP) is 3.75. The number of hydrogen-bond donors (Lipinski definition) is 2. The fourth-order valence-electron chi connectivity index (χ4n) is 3.60. The van der Waals surface area contributed by atoms with E-state index in [9.17, 15) is 4.79 Å². The molecule has 35 heavy (non-hydrogen) atoms. The summed E-state index contributed by atoms with van der Waals surface area (Å²) in [5, 5.41) is 16.3. The standard InChI is InChI=1S/C24H25N7O3S/c32-23(27-24-25-9-16-35-24)26-19-3-5-20(6-4-19)31-17-22(28-29-31)18-1-7-21(8-2-18)34-15-12-30-10-13-33-14-11-30/h1-9,16-17H,10-15H2,(H2,25,26,27,32). The maximum absolute atomic E-state index is 12.1. The van der Waals surface area contributed by atoms with Gasteiger partial charge in [0.05, 0.1) is 25.1 Å². The van der Waals surface area contributed by atoms with Crippen LogP contribution in [0.3, 0.4) is 0 Å². The van der Waals surface area contributed by atoms with Crippen LogP contribution in [0.4, 0.5) is 15.6 Å². The smallest absolute Gasteiger partial charge is 0.325 e. The van der Waals surface area contributed by atoms with Crippen LogP contribution in [-0.2, 0) is 4.74 Å². The molecular weight excluding hydrogens is 466 g/mol. The number of ether oxygens (including phenoxy) is 2. The van der Waals surface area contributed by atoms with Crippen molar-refractivity contribution in [3.05, 3.63) is 66.3 Å². The molecule has 5 rings (SSSR count). The van der Waals surface area contributed by atoms with Crippen molar-refractivity contribution in [1.29, 1.82) is 0 Å². The molecule has 0 unspecified atom stereocenters. The number of aromatic nitrogens is 4. The zero-order chi connectivity index (χ0) is 23.9. The highest BCUT2D eigenvalue weighted by molar-refractivity contribution is 7.13. The molecule has 0 atom stereocenters. The third-order valence-electron chi connectivity index (χ3n) is 5.47. The number of amides is 2. The minimum absolute atomic E-state index is 0.343. The van der Waals surface area contributed by atoms with Gasteiger partial charge in [-0.25, -0.2) is 14.5 Å². The quantitative estimate of drug-likeness (QED) is 0.387. The van der Waals surface area contributed by atoms with Gasteiger partial charge >= 0.3 is 6.03 Å². The number of rotatable bonds is 8. The van der Waals surface area contributed by atoms with E-state index in [1.807, 2.05) is 42.6 Å². The first-order valence-electron chi connectivity index (χ1n) is 11.3. The number of nitrogens with zero attached hydrogens (tertiary/aromatic N) is 5. The number of anilines is 2. The molecule has 4 aromatic rings. The number of hydrogen-bond acceptors (Lipinski definition) is 8. The molecule has 180 valence electrons. The average molecular weight is 492 g/mol. The molecule has 2 amide bonds. The van der Waals surface area contributed by atoms with E-state index in [-0.39, 0.29) is 6.03 Å². The van der Waals surface area contributed by atoms with Gasteiger partial charge in [-0.2, -0.15) is 0 Å². The van der Waals surface area contributed by atoms with Crippen molar-refractivity contribution in [2.75, 3.05) is 50.1 Å². The Labute approximate surface area is 206 Å². The van der Waals surface area contributed by atoms with E-state index in [0.29, 0.717) is 17.4 Å². The fraction of sp³-hybridized carbons (Fsp3) is 0.250. The van der Waals surface area contributed by atoms with Crippen molar-refractivity contribution < 1.29 is 14.3 Å². The second-order valence-corrected chi connectivity index (χ2v) is 8.73. The van der Waals surface area contributed by atoms with E-state index in [4.69, 9.17) is 9.47 Å². The molecule has 0 radical (unpaired) electrons. The topological polar surface area (TPSA) is 106 Å². The molecule has 0 saturated carbocycles. The SMILES string of the molecule is O=C(Nc1ccc(-n2cc(-c3ccc(OCCN4CCOCC4)cc3)nn2)cc1)Nc1nccs1. The number of urea groups is 1. The van der Waals surface area contributed by atoms with Gasteiger partial charge in [0.1, 0.15) is 18.1 Å². The Morgan fingerprint density at radius 3 is 2.60 bits per heavy atom. The molecule has 0 spiro atoms. The maximum Gasteiger partial charge on any atom is 0.325 e. The average Bonchev–Trinajstić information content (AvgIpc) is 3.58. The summed E-state index contributed by atoms with van der Waals surface area (Å²) in [6.45, 7) is 5.04. The zero-order valence-corrected chi connectivity index (χ0v) is 19.8. The molecule has 0 bridgehead atoms. The van der Waals surface area contributed by atoms with Crippen LogP contribution in [0.25, 0.3) is 16.9 Å². The second kappa shape index (κ2) is 11.1. The highest BCUT2D eigenvalue weighted by Crippen LogP contribution is 2.22. The molecule has 2 aromatic heterocycles. The number of morpholine rings is 1. The van der Waals surface area contributed by atoms with Gasteiger partial charge in [0.25, 0.3) is 0 Å². The molecule has 1 fully saturated rings. The minimum atomic E-state index is -0.343. The zero-order valence-electron chi connectivity index (χ0n) is 19.0. The third kappa shape index (κ3) is 6.21. The summed E-state index contributed by atoms with van der Waals surface area (Å²) in [6, 6.07) is 14.9. The van der Waals surface area contributed by atoms with Gasteiger partial charge < -0.3 is 14.8 Å². The first-order valence-corrected chi connectivity index (χ1v) is 12.1. The summed E-state index contributed by atoms with van der Waals surface area (Å²) < 4.78 is 12.9. The lowest BCUT2D eigenvalue weighted by atomic mass is 10.1. The highest BCUT2D eigenvalue weighted by atomic mass is 32.1. The highest BCUT2D eigenvalue weighted by Gasteiger charge is 2.11. The van der Waals surface area contributed by atoms with E-state index in [0.717, 1.165) is 55.5 Å². The lowest BCUT2D eigenvalue weighted by Gasteiger charge is -2.26. The van der Waals surface area contributed by atoms with Crippen molar-refractivity contribution in [2.45, 2.75) is 0 Å². The first kappa shape index (κ1) is 23.0. The molecule has 2 aromatic carbocycles. The lowest BCUT2D eigenvalue weighted by molar-refractivity contribution is 0.0322. The van der Waals surface area contributed by atoms with Crippen molar-refractivity contribution in [2.24, 2.45) is 0 Å². The number of thiazole rings is 1. The number of carbonyl (C=O) groups is 1. The third-order valence-corrected chi connectivity index (χ3v) is 6.15. The van der Waals surface area contributed by atoms with Gasteiger partial charge in [-0.15, -0.1) is 16.4 Å². The molecular formula is C24H25N7O3S. The van der Waals surface area contributed by atoms with Crippen LogP contribution >= 0.6 is 11.3 Å². The molecule has 0 aliphatic carbocycles. The van der Waals surface area contributed by atoms with Crippen LogP contribution < -0.4 is 15.4 Å². The molecule has 10 nitrogen and oxygen atoms in total. The molecule has 3 heterocycles. The van der Waals surface area contributed by atoms with E-state index >= 15 is 0 Å². The summed E-state index contributed by atoms with van der Waals surface area (Å²) in [5.74, 6) is 0.830. The van der Waals surface area contributed by atoms with Crippen molar-refractivity contribution in [3.63, 3.8) is 0 Å². The molecule has 2 N–H and O–H groups in total. The van der Waals surface area contributed by atoms with Gasteiger partial charge in [-0.3, -0.25) is 10.2 Å². The van der Waals surface area contributed by atoms with Gasteiger partial charge in [-0.05, 0) is 48.5 Å². The summed E-state index contributed by atoms with van der Waals surface area (Å²) in [4.78, 5) is 18.4. The van der Waals surface area contributed by atoms with E-state index < -0.39 is 0 Å². The Morgan fingerprint density at radius 2 is 1.86 bits per heavy atom. The van der Waals surface area contributed by atoms with Crippen LogP contribution in [0.2, 0.25) is 0 Å². The van der Waals surface area contributed by atoms with Gasteiger partial charge in [0.2, 0.25) is 0 Å². The van der Waals surface area contributed by atoms with Crippen LogP contribution in [-0.4, -0.2) is 70.4 Å². The summed E-state index contributed by atoms with van der Waals surface area (Å²) in [6.07, 6.45) is 3.50. The largest absolute Gasteiger partial charge is 0.492 e. The Kier molecular flexibility index (Phi) is 7.27. The number of carbonyl (C=O) groups excluding carboxylic acids is 1. The van der Waals surface area contributed by atoms with Gasteiger partial charge in [0, 0.05) is 42.5 Å². The number of nitrogens with one attached hydrogen (secondary N) is 2. The summed E-state index contributed by atoms with van der Waals surface area (Å²) in [5.41, 5.74) is 3.20. The van der Waals surface area contributed by atoms with E-state index in [1.54, 1.807) is 28.4 Å². The number of benzene rings is 2. The summed E-state index contributed by atoms with van der Waals surface area (Å²) in [7, 11) is 0. The minimum Gasteiger partial charge on any atom is -0.492 e. The lowest BCUT2D eigenvalue weighted by Crippen LogP contribution is -2.38. The van der Waals surface area contributed by atoms with Gasteiger partial charge in [0.15, 0.2) is 5.13 Å². The normalized spacial score (nSPS) is 13.9. The van der Waals surface area contributed by atoms with Crippen LogP contribution in [0.1, 0.15) is 0 Å². The molecule has 1 aliphatic rings. The molecule has 1 saturated heterocycles. The second-order valence-electron chi connectivity index (χ2n) is 7.84. The van der Waals surface area contributed by atoms with Crippen molar-refractivity contribution >= 4 is 28.2 Å².